The van der Waals surface area contributed by atoms with E-state index in [-0.39, 0.29) is 5.82 Å². The summed E-state index contributed by atoms with van der Waals surface area (Å²) in [5, 5.41) is 3.22. The summed E-state index contributed by atoms with van der Waals surface area (Å²) in [6.45, 7) is 4.54. The number of benzene rings is 1. The van der Waals surface area contributed by atoms with E-state index in [9.17, 15) is 4.39 Å². The van der Waals surface area contributed by atoms with Crippen LogP contribution in [0.5, 0.6) is 0 Å². The highest BCUT2D eigenvalue weighted by Crippen LogP contribution is 2.23. The Morgan fingerprint density at radius 2 is 2.11 bits per heavy atom. The Morgan fingerprint density at radius 3 is 2.78 bits per heavy atom. The second-order valence-corrected chi connectivity index (χ2v) is 4.39. The highest BCUT2D eigenvalue weighted by molar-refractivity contribution is 5.62. The molecule has 2 rings (SSSR count). The van der Waals surface area contributed by atoms with Crippen molar-refractivity contribution in [1.82, 2.24) is 15.3 Å². The van der Waals surface area contributed by atoms with Gasteiger partial charge in [0.05, 0.1) is 11.9 Å². The van der Waals surface area contributed by atoms with Crippen LogP contribution in [-0.4, -0.2) is 16.0 Å². The van der Waals surface area contributed by atoms with Crippen molar-refractivity contribution in [1.29, 1.82) is 0 Å². The van der Waals surface area contributed by atoms with Gasteiger partial charge in [-0.1, -0.05) is 26.0 Å². The normalized spacial score (nSPS) is 10.9. The largest absolute Gasteiger partial charge is 0.310 e. The molecule has 3 nitrogen and oxygen atoms in total. The molecular formula is C14H16FN3. The van der Waals surface area contributed by atoms with Crippen molar-refractivity contribution >= 4 is 0 Å². The number of hydrogen-bond acceptors (Lipinski definition) is 3. The summed E-state index contributed by atoms with van der Waals surface area (Å²) in [7, 11) is 0. The second kappa shape index (κ2) is 5.69. The molecule has 0 bridgehead atoms. The molecular weight excluding hydrogens is 229 g/mol. The topological polar surface area (TPSA) is 37.8 Å². The van der Waals surface area contributed by atoms with Crippen molar-refractivity contribution in [2.24, 2.45) is 0 Å². The van der Waals surface area contributed by atoms with Gasteiger partial charge >= 0.3 is 0 Å². The molecule has 1 N–H and O–H groups in total. The summed E-state index contributed by atoms with van der Waals surface area (Å²) in [6, 6.07) is 5.33. The second-order valence-electron chi connectivity index (χ2n) is 4.39. The van der Waals surface area contributed by atoms with E-state index in [4.69, 9.17) is 0 Å². The van der Waals surface area contributed by atoms with Crippen LogP contribution in [-0.2, 0) is 6.54 Å². The van der Waals surface area contributed by atoms with Gasteiger partial charge in [-0.25, -0.2) is 4.39 Å². The van der Waals surface area contributed by atoms with Crippen molar-refractivity contribution in [3.05, 3.63) is 48.2 Å². The van der Waals surface area contributed by atoms with Crippen molar-refractivity contribution in [3.8, 4) is 11.3 Å². The maximum absolute atomic E-state index is 13.9. The maximum atomic E-state index is 13.9. The molecule has 94 valence electrons. The molecule has 0 amide bonds. The molecule has 0 fully saturated rings. The minimum atomic E-state index is -0.216. The van der Waals surface area contributed by atoms with E-state index < -0.39 is 0 Å². The highest BCUT2D eigenvalue weighted by atomic mass is 19.1. The van der Waals surface area contributed by atoms with Gasteiger partial charge in [-0.3, -0.25) is 9.97 Å². The van der Waals surface area contributed by atoms with Crippen molar-refractivity contribution in [2.45, 2.75) is 26.4 Å². The Balaban J connectivity index is 2.38. The first-order valence-corrected chi connectivity index (χ1v) is 5.95. The van der Waals surface area contributed by atoms with Gasteiger partial charge in [-0.05, 0) is 6.07 Å². The quantitative estimate of drug-likeness (QED) is 0.900. The summed E-state index contributed by atoms with van der Waals surface area (Å²) in [4.78, 5) is 8.24. The first-order valence-electron chi connectivity index (χ1n) is 5.95. The Labute approximate surface area is 106 Å². The monoisotopic (exact) mass is 245 g/mol. The molecule has 0 atom stereocenters. The zero-order chi connectivity index (χ0) is 13.0. The predicted molar refractivity (Wildman–Crippen MR) is 69.4 cm³/mol. The first-order chi connectivity index (χ1) is 8.68. The fourth-order valence-electron chi connectivity index (χ4n) is 1.72. The van der Waals surface area contributed by atoms with E-state index in [1.165, 1.54) is 6.07 Å². The minimum Gasteiger partial charge on any atom is -0.310 e. The molecule has 0 aliphatic carbocycles. The lowest BCUT2D eigenvalue weighted by Gasteiger charge is -2.13. The lowest BCUT2D eigenvalue weighted by atomic mass is 10.0. The van der Waals surface area contributed by atoms with Crippen molar-refractivity contribution in [2.75, 3.05) is 0 Å². The van der Waals surface area contributed by atoms with Gasteiger partial charge in [0.2, 0.25) is 0 Å². The smallest absolute Gasteiger partial charge is 0.128 e. The average Bonchev–Trinajstić information content (AvgIpc) is 2.38. The summed E-state index contributed by atoms with van der Waals surface area (Å²) in [6.07, 6.45) is 4.86. The molecule has 0 saturated carbocycles. The number of rotatable bonds is 4. The lowest BCUT2D eigenvalue weighted by Crippen LogP contribution is -2.22. The molecule has 0 spiro atoms. The molecule has 2 aromatic rings. The van der Waals surface area contributed by atoms with Crippen LogP contribution in [0.15, 0.2) is 36.8 Å². The molecule has 0 aliphatic heterocycles. The summed E-state index contributed by atoms with van der Waals surface area (Å²) < 4.78 is 13.9. The van der Waals surface area contributed by atoms with Crippen LogP contribution in [0.1, 0.15) is 19.4 Å². The van der Waals surface area contributed by atoms with E-state index in [0.717, 1.165) is 5.56 Å². The summed E-state index contributed by atoms with van der Waals surface area (Å²) in [5.41, 5.74) is 2.11. The van der Waals surface area contributed by atoms with Crippen molar-refractivity contribution < 1.29 is 4.39 Å². The SMILES string of the molecule is CC(C)NCc1c(F)cccc1-c1cnccn1. The van der Waals surface area contributed by atoms with Gasteiger partial charge in [0.1, 0.15) is 5.82 Å². The van der Waals surface area contributed by atoms with Crippen LogP contribution >= 0.6 is 0 Å². The Kier molecular flexibility index (Phi) is 3.99. The van der Waals surface area contributed by atoms with Gasteiger partial charge in [0, 0.05) is 36.1 Å². The third kappa shape index (κ3) is 2.90. The number of nitrogens with zero attached hydrogens (tertiary/aromatic N) is 2. The summed E-state index contributed by atoms with van der Waals surface area (Å²) in [5.74, 6) is -0.216. The Morgan fingerprint density at radius 1 is 1.28 bits per heavy atom. The average molecular weight is 245 g/mol. The van der Waals surface area contributed by atoms with Gasteiger partial charge in [0.15, 0.2) is 0 Å². The number of hydrogen-bond donors (Lipinski definition) is 1. The molecule has 18 heavy (non-hydrogen) atoms. The molecule has 0 radical (unpaired) electrons. The van der Waals surface area contributed by atoms with Gasteiger partial charge < -0.3 is 5.32 Å². The van der Waals surface area contributed by atoms with E-state index in [0.29, 0.717) is 23.8 Å². The van der Waals surface area contributed by atoms with Gasteiger partial charge in [-0.2, -0.15) is 0 Å². The zero-order valence-corrected chi connectivity index (χ0v) is 10.5. The molecule has 0 saturated heterocycles. The van der Waals surface area contributed by atoms with Gasteiger partial charge in [-0.15, -0.1) is 0 Å². The lowest BCUT2D eigenvalue weighted by molar-refractivity contribution is 0.554. The number of aromatic nitrogens is 2. The van der Waals surface area contributed by atoms with E-state index in [1.54, 1.807) is 24.7 Å². The number of halogens is 1. The molecule has 1 aromatic carbocycles. The van der Waals surface area contributed by atoms with E-state index in [1.807, 2.05) is 19.9 Å². The number of nitrogens with one attached hydrogen (secondary N) is 1. The first kappa shape index (κ1) is 12.6. The molecule has 0 aliphatic rings. The third-order valence-electron chi connectivity index (χ3n) is 2.65. The standard InChI is InChI=1S/C14H16FN3/c1-10(2)18-8-12-11(4-3-5-13(12)15)14-9-16-6-7-17-14/h3-7,9-10,18H,8H2,1-2H3. The van der Waals surface area contributed by atoms with Crippen LogP contribution in [0.3, 0.4) is 0 Å². The van der Waals surface area contributed by atoms with Crippen LogP contribution in [0.25, 0.3) is 11.3 Å². The third-order valence-corrected chi connectivity index (χ3v) is 2.65. The maximum Gasteiger partial charge on any atom is 0.128 e. The van der Waals surface area contributed by atoms with Crippen LogP contribution in [0.4, 0.5) is 4.39 Å². The Hall–Kier alpha value is -1.81. The molecule has 1 aromatic heterocycles. The fraction of sp³-hybridized carbons (Fsp3) is 0.286. The van der Waals surface area contributed by atoms with Crippen LogP contribution < -0.4 is 5.32 Å². The summed E-state index contributed by atoms with van der Waals surface area (Å²) >= 11 is 0. The Bertz CT molecular complexity index is 512. The molecule has 0 unspecified atom stereocenters. The van der Waals surface area contributed by atoms with Crippen LogP contribution in [0, 0.1) is 5.82 Å². The molecule has 1 heterocycles. The van der Waals surface area contributed by atoms with Crippen LogP contribution in [0.2, 0.25) is 0 Å². The van der Waals surface area contributed by atoms with Crippen molar-refractivity contribution in [3.63, 3.8) is 0 Å². The van der Waals surface area contributed by atoms with Gasteiger partial charge in [0.25, 0.3) is 0 Å². The van der Waals surface area contributed by atoms with E-state index >= 15 is 0 Å². The predicted octanol–water partition coefficient (Wildman–Crippen LogP) is 2.78. The highest BCUT2D eigenvalue weighted by Gasteiger charge is 2.11. The minimum absolute atomic E-state index is 0.216. The van der Waals surface area contributed by atoms with E-state index in [2.05, 4.69) is 15.3 Å². The molecule has 4 heteroatoms. The fourth-order valence-corrected chi connectivity index (χ4v) is 1.72. The zero-order valence-electron chi connectivity index (χ0n) is 10.5.